The average molecular weight is 222 g/mol. The lowest BCUT2D eigenvalue weighted by molar-refractivity contribution is -0.142. The van der Waals surface area contributed by atoms with Crippen LogP contribution in [0.2, 0.25) is 0 Å². The molecule has 0 aromatic carbocycles. The van der Waals surface area contributed by atoms with Crippen LogP contribution in [-0.4, -0.2) is 16.5 Å². The maximum Gasteiger partial charge on any atom is 0.164 e. The molecule has 0 aliphatic heterocycles. The van der Waals surface area contributed by atoms with Crippen molar-refractivity contribution in [3.05, 3.63) is 0 Å². The van der Waals surface area contributed by atoms with Crippen molar-refractivity contribution in [2.75, 3.05) is 0 Å². The van der Waals surface area contributed by atoms with Gasteiger partial charge in [0.1, 0.15) is 5.60 Å². The third kappa shape index (κ3) is 1.09. The van der Waals surface area contributed by atoms with Gasteiger partial charge in [-0.2, -0.15) is 0 Å². The van der Waals surface area contributed by atoms with Gasteiger partial charge in [0.25, 0.3) is 0 Å². The minimum atomic E-state index is -0.966. The molecule has 0 aromatic rings. The Hall–Kier alpha value is -0.370. The number of hydrogen-bond donors (Lipinski definition) is 1. The lowest BCUT2D eigenvalue weighted by Gasteiger charge is -2.31. The number of rotatable bonds is 0. The zero-order valence-corrected chi connectivity index (χ0v) is 10.5. The number of carbonyl (C=O) groups is 1. The van der Waals surface area contributed by atoms with Crippen LogP contribution in [-0.2, 0) is 4.79 Å². The molecule has 2 nitrogen and oxygen atoms in total. The highest BCUT2D eigenvalue weighted by Crippen LogP contribution is 2.70. The standard InChI is InChI=1S/C14H22O2/c1-8-6-7-14(16)10(15)5-4-9-12(11(8)14)13(9,2)3/h8-9,11-12,16H,4-7H2,1-3H3/t8-,9-,11+,12+,14+/m1/s1. The van der Waals surface area contributed by atoms with E-state index in [1.807, 2.05) is 0 Å². The van der Waals surface area contributed by atoms with Crippen LogP contribution in [0.4, 0.5) is 0 Å². The third-order valence-electron chi connectivity index (χ3n) is 5.84. The van der Waals surface area contributed by atoms with Gasteiger partial charge in [0.2, 0.25) is 0 Å². The first kappa shape index (κ1) is 10.8. The number of carbonyl (C=O) groups excluding carboxylic acids is 1. The van der Waals surface area contributed by atoms with E-state index in [1.165, 1.54) is 0 Å². The Morgan fingerprint density at radius 2 is 1.94 bits per heavy atom. The van der Waals surface area contributed by atoms with E-state index in [0.29, 0.717) is 36.0 Å². The molecule has 3 rings (SSSR count). The molecule has 3 fully saturated rings. The second-order valence-electron chi connectivity index (χ2n) is 6.88. The van der Waals surface area contributed by atoms with E-state index in [9.17, 15) is 9.90 Å². The SMILES string of the molecule is C[C@@H]1CC[C@]2(O)C(=O)CC[C@@H]3[C@@H]([C@H]12)C3(C)C. The van der Waals surface area contributed by atoms with Gasteiger partial charge < -0.3 is 5.11 Å². The predicted molar refractivity (Wildman–Crippen MR) is 61.8 cm³/mol. The summed E-state index contributed by atoms with van der Waals surface area (Å²) >= 11 is 0. The van der Waals surface area contributed by atoms with E-state index >= 15 is 0 Å². The van der Waals surface area contributed by atoms with Crippen molar-refractivity contribution in [3.63, 3.8) is 0 Å². The molecule has 0 aromatic heterocycles. The fourth-order valence-electron chi connectivity index (χ4n) is 4.80. The summed E-state index contributed by atoms with van der Waals surface area (Å²) in [5.74, 6) is 2.14. The van der Waals surface area contributed by atoms with Crippen LogP contribution < -0.4 is 0 Å². The molecular formula is C14H22O2. The van der Waals surface area contributed by atoms with Crippen LogP contribution in [0.15, 0.2) is 0 Å². The maximum atomic E-state index is 12.1. The van der Waals surface area contributed by atoms with E-state index in [4.69, 9.17) is 0 Å². The molecule has 3 aliphatic carbocycles. The van der Waals surface area contributed by atoms with E-state index in [1.54, 1.807) is 0 Å². The quantitative estimate of drug-likeness (QED) is 0.683. The number of fused-ring (bicyclic) bond motifs is 3. The van der Waals surface area contributed by atoms with Crippen LogP contribution in [0.3, 0.4) is 0 Å². The zero-order valence-electron chi connectivity index (χ0n) is 10.5. The Labute approximate surface area is 97.4 Å². The summed E-state index contributed by atoms with van der Waals surface area (Å²) in [5.41, 5.74) is -0.607. The van der Waals surface area contributed by atoms with Crippen LogP contribution in [0.25, 0.3) is 0 Å². The van der Waals surface area contributed by atoms with Gasteiger partial charge in [-0.25, -0.2) is 0 Å². The molecule has 3 aliphatic rings. The normalized spacial score (nSPS) is 54.1. The molecule has 3 saturated carbocycles. The van der Waals surface area contributed by atoms with Crippen molar-refractivity contribution in [1.82, 2.24) is 0 Å². The fraction of sp³-hybridized carbons (Fsp3) is 0.929. The summed E-state index contributed by atoms with van der Waals surface area (Å²) in [4.78, 5) is 12.1. The molecule has 1 N–H and O–H groups in total. The second-order valence-corrected chi connectivity index (χ2v) is 6.88. The van der Waals surface area contributed by atoms with Crippen LogP contribution >= 0.6 is 0 Å². The Morgan fingerprint density at radius 3 is 2.62 bits per heavy atom. The van der Waals surface area contributed by atoms with Gasteiger partial charge in [-0.1, -0.05) is 20.8 Å². The fourth-order valence-corrected chi connectivity index (χ4v) is 4.80. The summed E-state index contributed by atoms with van der Waals surface area (Å²) in [6.45, 7) is 6.83. The number of hydrogen-bond acceptors (Lipinski definition) is 2. The van der Waals surface area contributed by atoms with E-state index in [-0.39, 0.29) is 11.7 Å². The molecule has 0 bridgehead atoms. The highest BCUT2D eigenvalue weighted by atomic mass is 16.3. The molecule has 0 saturated heterocycles. The summed E-state index contributed by atoms with van der Waals surface area (Å²) in [5, 5.41) is 10.7. The first-order valence-corrected chi connectivity index (χ1v) is 6.64. The molecule has 0 spiro atoms. The van der Waals surface area contributed by atoms with Crippen molar-refractivity contribution in [2.45, 2.75) is 52.1 Å². The summed E-state index contributed by atoms with van der Waals surface area (Å²) < 4.78 is 0. The minimum Gasteiger partial charge on any atom is -0.382 e. The highest BCUT2D eigenvalue weighted by Gasteiger charge is 2.69. The van der Waals surface area contributed by atoms with Gasteiger partial charge in [0.05, 0.1) is 0 Å². The molecule has 5 atom stereocenters. The average Bonchev–Trinajstić information content (AvgIpc) is 2.64. The number of Topliss-reactive ketones (excluding diaryl/α,β-unsaturated/α-hetero) is 1. The zero-order chi connectivity index (χ0) is 11.7. The molecule has 90 valence electrons. The van der Waals surface area contributed by atoms with Crippen molar-refractivity contribution in [3.8, 4) is 0 Å². The Kier molecular flexibility index (Phi) is 1.95. The number of aliphatic hydroxyl groups is 1. The lowest BCUT2D eigenvalue weighted by atomic mass is 9.77. The van der Waals surface area contributed by atoms with Gasteiger partial charge in [-0.3, -0.25) is 4.79 Å². The van der Waals surface area contributed by atoms with Crippen molar-refractivity contribution in [2.24, 2.45) is 29.1 Å². The number of ketones is 1. The van der Waals surface area contributed by atoms with Crippen molar-refractivity contribution < 1.29 is 9.90 Å². The van der Waals surface area contributed by atoms with Crippen molar-refractivity contribution in [1.29, 1.82) is 0 Å². The molecule has 0 heterocycles. The maximum absolute atomic E-state index is 12.1. The van der Waals surface area contributed by atoms with Crippen LogP contribution in [0.5, 0.6) is 0 Å². The molecule has 16 heavy (non-hydrogen) atoms. The van der Waals surface area contributed by atoms with Gasteiger partial charge >= 0.3 is 0 Å². The third-order valence-corrected chi connectivity index (χ3v) is 5.84. The lowest BCUT2D eigenvalue weighted by Crippen LogP contribution is -2.44. The Morgan fingerprint density at radius 1 is 1.25 bits per heavy atom. The molecule has 0 unspecified atom stereocenters. The van der Waals surface area contributed by atoms with Gasteiger partial charge in [-0.05, 0) is 42.4 Å². The summed E-state index contributed by atoms with van der Waals surface area (Å²) in [7, 11) is 0. The Bertz CT molecular complexity index is 347. The first-order chi connectivity index (χ1) is 7.39. The van der Waals surface area contributed by atoms with E-state index in [0.717, 1.165) is 12.8 Å². The van der Waals surface area contributed by atoms with Gasteiger partial charge in [0.15, 0.2) is 5.78 Å². The molecular weight excluding hydrogens is 200 g/mol. The topological polar surface area (TPSA) is 37.3 Å². The summed E-state index contributed by atoms with van der Waals surface area (Å²) in [6.07, 6.45) is 3.33. The van der Waals surface area contributed by atoms with Crippen LogP contribution in [0, 0.1) is 29.1 Å². The van der Waals surface area contributed by atoms with Crippen molar-refractivity contribution >= 4 is 5.78 Å². The smallest absolute Gasteiger partial charge is 0.164 e. The molecule has 0 amide bonds. The first-order valence-electron chi connectivity index (χ1n) is 6.64. The van der Waals surface area contributed by atoms with E-state index < -0.39 is 5.60 Å². The Balaban J connectivity index is 2.01. The predicted octanol–water partition coefficient (Wildman–Crippen LogP) is 2.40. The molecule has 0 radical (unpaired) electrons. The monoisotopic (exact) mass is 222 g/mol. The van der Waals surface area contributed by atoms with Crippen LogP contribution in [0.1, 0.15) is 46.5 Å². The van der Waals surface area contributed by atoms with E-state index in [2.05, 4.69) is 20.8 Å². The van der Waals surface area contributed by atoms with Gasteiger partial charge in [-0.15, -0.1) is 0 Å². The largest absolute Gasteiger partial charge is 0.382 e. The second kappa shape index (κ2) is 2.90. The minimum absolute atomic E-state index is 0.129. The highest BCUT2D eigenvalue weighted by molar-refractivity contribution is 5.88. The molecule has 2 heteroatoms. The summed E-state index contributed by atoms with van der Waals surface area (Å²) in [6, 6.07) is 0. The van der Waals surface area contributed by atoms with Gasteiger partial charge in [0, 0.05) is 12.3 Å².